The summed E-state index contributed by atoms with van der Waals surface area (Å²) in [7, 11) is 0. The fraction of sp³-hybridized carbons (Fsp3) is 0.429. The van der Waals surface area contributed by atoms with E-state index in [1.54, 1.807) is 0 Å². The molecule has 1 amide bonds. The van der Waals surface area contributed by atoms with E-state index in [9.17, 15) is 9.59 Å². The Kier molecular flexibility index (Phi) is 3.22. The number of carboxylic acids is 1. The zero-order chi connectivity index (χ0) is 13.4. The minimum absolute atomic E-state index is 0.160. The van der Waals surface area contributed by atoms with Gasteiger partial charge in [0.25, 0.3) is 5.91 Å². The lowest BCUT2D eigenvalue weighted by atomic mass is 10.1. The molecule has 1 aromatic carbocycles. The molecule has 4 nitrogen and oxygen atoms in total. The van der Waals surface area contributed by atoms with Gasteiger partial charge >= 0.3 is 5.97 Å². The van der Waals surface area contributed by atoms with Gasteiger partial charge in [0.15, 0.2) is 0 Å². The maximum Gasteiger partial charge on any atom is 0.327 e. The number of fused-ring (bicyclic) bond motifs is 1. The van der Waals surface area contributed by atoms with Crippen molar-refractivity contribution in [2.75, 3.05) is 11.6 Å². The molecule has 1 N–H and O–H groups in total. The van der Waals surface area contributed by atoms with E-state index in [1.807, 2.05) is 18.2 Å². The van der Waals surface area contributed by atoms with E-state index in [1.165, 1.54) is 27.8 Å². The fourth-order valence-corrected chi connectivity index (χ4v) is 3.86. The Morgan fingerprint density at radius 3 is 2.84 bits per heavy atom. The predicted molar refractivity (Wildman–Crippen MR) is 73.4 cm³/mol. The van der Waals surface area contributed by atoms with Crippen molar-refractivity contribution in [2.45, 2.75) is 25.3 Å². The Morgan fingerprint density at radius 1 is 1.26 bits per heavy atom. The second-order valence-corrected chi connectivity index (χ2v) is 5.97. The van der Waals surface area contributed by atoms with Crippen LogP contribution in [0.1, 0.15) is 27.9 Å². The molecule has 1 atom stereocenters. The van der Waals surface area contributed by atoms with Crippen LogP contribution in [0.3, 0.4) is 0 Å². The number of hydrogen-bond acceptors (Lipinski definition) is 3. The van der Waals surface area contributed by atoms with Crippen LogP contribution in [0, 0.1) is 0 Å². The predicted octanol–water partition coefficient (Wildman–Crippen LogP) is 1.77. The van der Waals surface area contributed by atoms with E-state index in [4.69, 9.17) is 5.11 Å². The summed E-state index contributed by atoms with van der Waals surface area (Å²) in [6, 6.07) is 5.08. The molecule has 1 aliphatic heterocycles. The van der Waals surface area contributed by atoms with Crippen LogP contribution in [-0.2, 0) is 17.6 Å². The average Bonchev–Trinajstić information content (AvgIpc) is 3.05. The molecule has 1 aromatic rings. The van der Waals surface area contributed by atoms with Gasteiger partial charge in [-0.15, -0.1) is 11.8 Å². The van der Waals surface area contributed by atoms with Crippen LogP contribution < -0.4 is 0 Å². The molecule has 3 rings (SSSR count). The van der Waals surface area contributed by atoms with E-state index in [0.29, 0.717) is 17.2 Å². The summed E-state index contributed by atoms with van der Waals surface area (Å²) in [5.41, 5.74) is 3.18. The molecule has 1 unspecified atom stereocenters. The molecule has 0 aromatic heterocycles. The van der Waals surface area contributed by atoms with Gasteiger partial charge in [-0.1, -0.05) is 6.07 Å². The first kappa shape index (κ1) is 12.5. The van der Waals surface area contributed by atoms with Crippen LogP contribution in [0.5, 0.6) is 0 Å². The average molecular weight is 277 g/mol. The molecule has 0 spiro atoms. The summed E-state index contributed by atoms with van der Waals surface area (Å²) in [4.78, 5) is 25.0. The highest BCUT2D eigenvalue weighted by Gasteiger charge is 2.35. The van der Waals surface area contributed by atoms with Gasteiger partial charge in [-0.2, -0.15) is 0 Å². The van der Waals surface area contributed by atoms with Crippen molar-refractivity contribution in [3.63, 3.8) is 0 Å². The third kappa shape index (κ3) is 2.23. The Hall–Kier alpha value is -1.49. The van der Waals surface area contributed by atoms with Crippen LogP contribution >= 0.6 is 11.8 Å². The van der Waals surface area contributed by atoms with E-state index >= 15 is 0 Å². The molecule has 1 fully saturated rings. The lowest BCUT2D eigenvalue weighted by molar-refractivity contribution is -0.140. The highest BCUT2D eigenvalue weighted by molar-refractivity contribution is 7.99. The number of thioether (sulfide) groups is 1. The quantitative estimate of drug-likeness (QED) is 0.895. The lowest BCUT2D eigenvalue weighted by Gasteiger charge is -2.20. The molecular formula is C14H15NO3S. The standard InChI is InChI=1S/C14H15NO3S/c16-13(15-8-19-7-12(15)14(17)18)11-5-4-9-2-1-3-10(9)6-11/h4-6,12H,1-3,7-8H2,(H,17,18). The molecule has 5 heteroatoms. The number of aryl methyl sites for hydroxylation is 2. The molecule has 1 saturated heterocycles. The minimum atomic E-state index is -0.917. The van der Waals surface area contributed by atoms with Gasteiger partial charge in [0.2, 0.25) is 0 Å². The second kappa shape index (κ2) is 4.89. The van der Waals surface area contributed by atoms with Crippen LogP contribution in [0.4, 0.5) is 0 Å². The van der Waals surface area contributed by atoms with E-state index in [0.717, 1.165) is 19.3 Å². The number of carbonyl (C=O) groups is 2. The molecule has 0 saturated carbocycles. The molecule has 19 heavy (non-hydrogen) atoms. The fourth-order valence-electron chi connectivity index (χ4n) is 2.72. The number of hydrogen-bond donors (Lipinski definition) is 1. The van der Waals surface area contributed by atoms with Crippen molar-refractivity contribution in [1.29, 1.82) is 0 Å². The molecular weight excluding hydrogens is 262 g/mol. The second-order valence-electron chi connectivity index (χ2n) is 4.97. The van der Waals surface area contributed by atoms with Gasteiger partial charge in [0, 0.05) is 11.3 Å². The van der Waals surface area contributed by atoms with Crippen LogP contribution in [0.25, 0.3) is 0 Å². The van der Waals surface area contributed by atoms with Crippen molar-refractivity contribution in [2.24, 2.45) is 0 Å². The lowest BCUT2D eigenvalue weighted by Crippen LogP contribution is -2.41. The summed E-state index contributed by atoms with van der Waals surface area (Å²) < 4.78 is 0. The minimum Gasteiger partial charge on any atom is -0.480 e. The van der Waals surface area contributed by atoms with Crippen LogP contribution in [0.15, 0.2) is 18.2 Å². The first-order valence-corrected chi connectivity index (χ1v) is 7.55. The number of carboxylic acid groups (broad SMARTS) is 1. The summed E-state index contributed by atoms with van der Waals surface area (Å²) in [5, 5.41) is 9.13. The molecule has 100 valence electrons. The summed E-state index contributed by atoms with van der Waals surface area (Å²) >= 11 is 1.49. The number of rotatable bonds is 2. The monoisotopic (exact) mass is 277 g/mol. The van der Waals surface area contributed by atoms with Crippen molar-refractivity contribution < 1.29 is 14.7 Å². The maximum atomic E-state index is 12.4. The maximum absolute atomic E-state index is 12.4. The third-order valence-corrected chi connectivity index (χ3v) is 4.79. The van der Waals surface area contributed by atoms with Gasteiger partial charge in [-0.25, -0.2) is 4.79 Å². The summed E-state index contributed by atoms with van der Waals surface area (Å²) in [5.74, 6) is -0.134. The van der Waals surface area contributed by atoms with Gasteiger partial charge in [0.1, 0.15) is 6.04 Å². The highest BCUT2D eigenvalue weighted by atomic mass is 32.2. The van der Waals surface area contributed by atoms with Crippen molar-refractivity contribution >= 4 is 23.6 Å². The zero-order valence-corrected chi connectivity index (χ0v) is 11.3. The van der Waals surface area contributed by atoms with E-state index in [-0.39, 0.29) is 5.91 Å². The SMILES string of the molecule is O=C(O)C1CSCN1C(=O)c1ccc2c(c1)CCC2. The van der Waals surface area contributed by atoms with Crippen LogP contribution in [0.2, 0.25) is 0 Å². The number of benzene rings is 1. The Morgan fingerprint density at radius 2 is 2.05 bits per heavy atom. The summed E-state index contributed by atoms with van der Waals surface area (Å²) in [6.45, 7) is 0. The smallest absolute Gasteiger partial charge is 0.327 e. The van der Waals surface area contributed by atoms with E-state index in [2.05, 4.69) is 0 Å². The molecule has 0 radical (unpaired) electrons. The Balaban J connectivity index is 1.85. The van der Waals surface area contributed by atoms with E-state index < -0.39 is 12.0 Å². The van der Waals surface area contributed by atoms with Gasteiger partial charge in [0.05, 0.1) is 5.88 Å². The van der Waals surface area contributed by atoms with Gasteiger partial charge in [-0.3, -0.25) is 4.79 Å². The molecule has 1 heterocycles. The molecule has 1 aliphatic carbocycles. The first-order chi connectivity index (χ1) is 9.16. The number of aliphatic carboxylic acids is 1. The van der Waals surface area contributed by atoms with Gasteiger partial charge < -0.3 is 10.0 Å². The molecule has 2 aliphatic rings. The van der Waals surface area contributed by atoms with Crippen LogP contribution in [-0.4, -0.2) is 39.6 Å². The van der Waals surface area contributed by atoms with Crippen molar-refractivity contribution in [3.8, 4) is 0 Å². The Labute approximate surface area is 115 Å². The first-order valence-electron chi connectivity index (χ1n) is 6.40. The normalized spacial score (nSPS) is 21.5. The molecule has 0 bridgehead atoms. The zero-order valence-electron chi connectivity index (χ0n) is 10.5. The third-order valence-electron chi connectivity index (χ3n) is 3.77. The number of nitrogens with zero attached hydrogens (tertiary/aromatic N) is 1. The summed E-state index contributed by atoms with van der Waals surface area (Å²) in [6.07, 6.45) is 3.25. The Bertz CT molecular complexity index is 543. The topological polar surface area (TPSA) is 57.6 Å². The highest BCUT2D eigenvalue weighted by Crippen LogP contribution is 2.26. The van der Waals surface area contributed by atoms with Gasteiger partial charge in [-0.05, 0) is 42.5 Å². The largest absolute Gasteiger partial charge is 0.480 e. The number of carbonyl (C=O) groups excluding carboxylic acids is 1. The van der Waals surface area contributed by atoms with Crippen molar-refractivity contribution in [1.82, 2.24) is 4.90 Å². The number of amides is 1. The van der Waals surface area contributed by atoms with Crippen molar-refractivity contribution in [3.05, 3.63) is 34.9 Å².